The highest BCUT2D eigenvalue weighted by Crippen LogP contribution is 2.48. The average molecular weight is 461 g/mol. The van der Waals surface area contributed by atoms with Gasteiger partial charge >= 0.3 is 0 Å². The summed E-state index contributed by atoms with van der Waals surface area (Å²) in [6, 6.07) is 20.4. The molecule has 1 aromatic heterocycles. The Morgan fingerprint density at radius 1 is 1.03 bits per heavy atom. The van der Waals surface area contributed by atoms with Crippen molar-refractivity contribution in [2.75, 3.05) is 4.90 Å². The fraction of sp³-hybridized carbons (Fsp3) is 0.154. The number of nitrogens with one attached hydrogen (secondary N) is 1. The number of hydrogen-bond donors (Lipinski definition) is 2. The van der Waals surface area contributed by atoms with Gasteiger partial charge < -0.3 is 5.11 Å². The molecule has 0 amide bonds. The van der Waals surface area contributed by atoms with Crippen molar-refractivity contribution in [3.8, 4) is 0 Å². The Hall–Kier alpha value is -3.15. The summed E-state index contributed by atoms with van der Waals surface area (Å²) >= 11 is 7.59. The summed E-state index contributed by atoms with van der Waals surface area (Å²) in [7, 11) is 0. The summed E-state index contributed by atoms with van der Waals surface area (Å²) in [6.45, 7) is 0. The summed E-state index contributed by atoms with van der Waals surface area (Å²) in [4.78, 5) is 16.1. The zero-order valence-corrected chi connectivity index (χ0v) is 18.8. The first kappa shape index (κ1) is 20.7. The molecular weight excluding hydrogens is 440 g/mol. The molecule has 160 valence electrons. The van der Waals surface area contributed by atoms with Gasteiger partial charge in [-0.3, -0.25) is 15.1 Å². The molecule has 0 saturated carbocycles. The van der Waals surface area contributed by atoms with Crippen molar-refractivity contribution in [3.05, 3.63) is 104 Å². The van der Waals surface area contributed by atoms with Crippen LogP contribution in [0.1, 0.15) is 35.6 Å². The molecule has 1 aliphatic heterocycles. The Balaban J connectivity index is 1.81. The largest absolute Gasteiger partial charge is 0.507 e. The smallest absolute Gasteiger partial charge is 0.161 e. The van der Waals surface area contributed by atoms with E-state index in [2.05, 4.69) is 0 Å². The van der Waals surface area contributed by atoms with Crippen LogP contribution in [-0.4, -0.2) is 16.7 Å². The molecule has 1 aliphatic carbocycles. The van der Waals surface area contributed by atoms with Gasteiger partial charge in [-0.05, 0) is 60.7 Å². The Morgan fingerprint density at radius 3 is 2.47 bits per heavy atom. The van der Waals surface area contributed by atoms with Gasteiger partial charge in [0.05, 0.1) is 11.5 Å². The lowest BCUT2D eigenvalue weighted by atomic mass is 9.76. The minimum absolute atomic E-state index is 0.00378. The summed E-state index contributed by atoms with van der Waals surface area (Å²) in [5, 5.41) is 23.2. The summed E-state index contributed by atoms with van der Waals surface area (Å²) in [5.41, 5.74) is 3.37. The van der Waals surface area contributed by atoms with E-state index in [-0.39, 0.29) is 17.4 Å². The number of para-hydroxylation sites is 1. The molecule has 2 N–H and O–H groups in total. The van der Waals surface area contributed by atoms with E-state index in [9.17, 15) is 15.3 Å². The highest BCUT2D eigenvalue weighted by atomic mass is 35.5. The van der Waals surface area contributed by atoms with Gasteiger partial charge in [-0.1, -0.05) is 35.9 Å². The van der Waals surface area contributed by atoms with Gasteiger partial charge in [-0.15, -0.1) is 11.3 Å². The summed E-state index contributed by atoms with van der Waals surface area (Å²) in [5.74, 6) is -0.202. The predicted octanol–water partition coefficient (Wildman–Crippen LogP) is 6.96. The number of anilines is 1. The Morgan fingerprint density at radius 2 is 1.78 bits per heavy atom. The molecule has 0 fully saturated rings. The lowest BCUT2D eigenvalue weighted by Gasteiger charge is -2.41. The standard InChI is InChI=1S/C26H21ClN2O2S/c27-17-13-11-16(12-14-17)25(31)24-23(21-10-5-15-32-21)22-19(8-4-9-20(22)30)29(26(24)28)18-6-2-1-3-7-18/h1-3,5-7,10-15,23,28,31H,4,8-9H2/b25-24+,28-26?. The number of amidine groups is 1. The van der Waals surface area contributed by atoms with Crippen LogP contribution in [0.5, 0.6) is 0 Å². The normalized spacial score (nSPS) is 20.4. The van der Waals surface area contributed by atoms with Crippen molar-refractivity contribution in [3.63, 3.8) is 0 Å². The molecule has 1 unspecified atom stereocenters. The molecule has 1 atom stereocenters. The van der Waals surface area contributed by atoms with Crippen molar-refractivity contribution in [1.82, 2.24) is 0 Å². The molecular formula is C26H21ClN2O2S. The number of Topliss-reactive ketones (excluding diaryl/α,β-unsaturated/α-hetero) is 1. The predicted molar refractivity (Wildman–Crippen MR) is 131 cm³/mol. The number of halogens is 1. The second kappa shape index (κ2) is 8.41. The van der Waals surface area contributed by atoms with Crippen LogP contribution in [0.3, 0.4) is 0 Å². The topological polar surface area (TPSA) is 64.4 Å². The SMILES string of the molecule is N=C1/C(=C(/O)c2ccc(Cl)cc2)C(c2cccs2)C2=C(CCCC2=O)N1c1ccccc1. The van der Waals surface area contributed by atoms with E-state index >= 15 is 0 Å². The third-order valence-electron chi connectivity index (χ3n) is 5.97. The second-order valence-electron chi connectivity index (χ2n) is 7.87. The van der Waals surface area contributed by atoms with Gasteiger partial charge in [0.2, 0.25) is 0 Å². The van der Waals surface area contributed by atoms with E-state index < -0.39 is 5.92 Å². The van der Waals surface area contributed by atoms with Crippen molar-refractivity contribution < 1.29 is 9.90 Å². The first-order chi connectivity index (χ1) is 15.6. The molecule has 5 rings (SSSR count). The molecule has 3 aromatic rings. The molecule has 6 heteroatoms. The molecule has 2 aliphatic rings. The summed E-state index contributed by atoms with van der Waals surface area (Å²) in [6.07, 6.45) is 1.95. The fourth-order valence-electron chi connectivity index (χ4n) is 4.56. The van der Waals surface area contributed by atoms with Crippen LogP contribution in [0.2, 0.25) is 5.02 Å². The maximum atomic E-state index is 13.3. The van der Waals surface area contributed by atoms with Crippen LogP contribution in [0, 0.1) is 5.41 Å². The summed E-state index contributed by atoms with van der Waals surface area (Å²) < 4.78 is 0. The van der Waals surface area contributed by atoms with E-state index in [1.165, 1.54) is 11.3 Å². The van der Waals surface area contributed by atoms with Gasteiger partial charge in [0.1, 0.15) is 11.6 Å². The maximum Gasteiger partial charge on any atom is 0.161 e. The monoisotopic (exact) mass is 460 g/mol. The van der Waals surface area contributed by atoms with E-state index in [0.717, 1.165) is 29.1 Å². The van der Waals surface area contributed by atoms with Crippen LogP contribution in [0.25, 0.3) is 5.76 Å². The van der Waals surface area contributed by atoms with Gasteiger partial charge in [0.25, 0.3) is 0 Å². The van der Waals surface area contributed by atoms with Crippen LogP contribution in [0.15, 0.2) is 89.0 Å². The van der Waals surface area contributed by atoms with Crippen LogP contribution >= 0.6 is 22.9 Å². The molecule has 0 saturated heterocycles. The molecule has 4 nitrogen and oxygen atoms in total. The van der Waals surface area contributed by atoms with Gasteiger partial charge in [-0.25, -0.2) is 0 Å². The third-order valence-corrected chi connectivity index (χ3v) is 7.16. The number of carbonyl (C=O) groups excluding carboxylic acids is 1. The first-order valence-corrected chi connectivity index (χ1v) is 11.7. The van der Waals surface area contributed by atoms with Crippen LogP contribution in [0.4, 0.5) is 5.69 Å². The van der Waals surface area contributed by atoms with Crippen molar-refractivity contribution in [1.29, 1.82) is 5.41 Å². The van der Waals surface area contributed by atoms with Gasteiger partial charge in [0, 0.05) is 38.8 Å². The lowest BCUT2D eigenvalue weighted by molar-refractivity contribution is -0.116. The fourth-order valence-corrected chi connectivity index (χ4v) is 5.53. The third kappa shape index (κ3) is 3.48. The number of aliphatic hydroxyl groups excluding tert-OH is 1. The quantitative estimate of drug-likeness (QED) is 0.415. The zero-order chi connectivity index (χ0) is 22.2. The average Bonchev–Trinajstić information content (AvgIpc) is 3.34. The number of thiophene rings is 1. The van der Waals surface area contributed by atoms with E-state index in [1.807, 2.05) is 52.7 Å². The van der Waals surface area contributed by atoms with Crippen molar-refractivity contribution >= 4 is 46.0 Å². The van der Waals surface area contributed by atoms with Crippen molar-refractivity contribution in [2.24, 2.45) is 0 Å². The number of rotatable bonds is 3. The number of ketones is 1. The maximum absolute atomic E-state index is 13.3. The number of nitrogens with zero attached hydrogens (tertiary/aromatic N) is 1. The van der Waals surface area contributed by atoms with Crippen LogP contribution in [-0.2, 0) is 4.79 Å². The molecule has 2 aromatic carbocycles. The Bertz CT molecular complexity index is 1240. The van der Waals surface area contributed by atoms with Gasteiger partial charge in [-0.2, -0.15) is 0 Å². The zero-order valence-electron chi connectivity index (χ0n) is 17.2. The van der Waals surface area contributed by atoms with Gasteiger partial charge in [0.15, 0.2) is 5.78 Å². The lowest BCUT2D eigenvalue weighted by Crippen LogP contribution is -2.42. The molecule has 0 radical (unpaired) electrons. The van der Waals surface area contributed by atoms with E-state index in [0.29, 0.717) is 28.2 Å². The first-order valence-electron chi connectivity index (χ1n) is 10.5. The Kier molecular flexibility index (Phi) is 5.45. The van der Waals surface area contributed by atoms with Crippen LogP contribution < -0.4 is 4.90 Å². The van der Waals surface area contributed by atoms with E-state index in [4.69, 9.17) is 11.6 Å². The highest BCUT2D eigenvalue weighted by Gasteiger charge is 2.43. The van der Waals surface area contributed by atoms with Crippen molar-refractivity contribution in [2.45, 2.75) is 25.2 Å². The Labute approximate surface area is 195 Å². The minimum Gasteiger partial charge on any atom is -0.507 e. The molecule has 0 bridgehead atoms. The number of carbonyl (C=O) groups is 1. The number of benzene rings is 2. The molecule has 2 heterocycles. The number of allylic oxidation sites excluding steroid dienone is 2. The number of aliphatic hydroxyl groups is 1. The molecule has 0 spiro atoms. The molecule has 32 heavy (non-hydrogen) atoms. The van der Waals surface area contributed by atoms with E-state index in [1.54, 1.807) is 24.3 Å². The second-order valence-corrected chi connectivity index (χ2v) is 9.29. The number of hydrogen-bond acceptors (Lipinski definition) is 4. The highest BCUT2D eigenvalue weighted by molar-refractivity contribution is 7.10. The minimum atomic E-state index is -0.471.